The van der Waals surface area contributed by atoms with Gasteiger partial charge in [0, 0.05) is 37.4 Å². The van der Waals surface area contributed by atoms with Gasteiger partial charge in [0.15, 0.2) is 0 Å². The smallest absolute Gasteiger partial charge is 0.144 e. The van der Waals surface area contributed by atoms with Crippen LogP contribution >= 0.6 is 0 Å². The highest BCUT2D eigenvalue weighted by molar-refractivity contribution is 5.30. The van der Waals surface area contributed by atoms with Gasteiger partial charge in [-0.05, 0) is 26.6 Å². The van der Waals surface area contributed by atoms with Crippen molar-refractivity contribution in [1.29, 1.82) is 5.26 Å². The molecule has 1 aliphatic heterocycles. The lowest BCUT2D eigenvalue weighted by atomic mass is 10.1. The Kier molecular flexibility index (Phi) is 4.48. The van der Waals surface area contributed by atoms with Crippen LogP contribution in [-0.2, 0) is 6.54 Å². The molecule has 0 aliphatic carbocycles. The highest BCUT2D eigenvalue weighted by atomic mass is 16.3. The summed E-state index contributed by atoms with van der Waals surface area (Å²) in [6, 6.07) is 6.24. The molecule has 1 aliphatic rings. The number of likely N-dealkylation sites (tertiary alicyclic amines) is 1. The van der Waals surface area contributed by atoms with E-state index < -0.39 is 0 Å². The molecule has 1 aromatic heterocycles. The number of aliphatic hydroxyl groups excluding tert-OH is 1. The number of hydrogen-bond acceptors (Lipinski definition) is 5. The topological polar surface area (TPSA) is 63.4 Å². The first-order valence-corrected chi connectivity index (χ1v) is 6.51. The van der Waals surface area contributed by atoms with Crippen LogP contribution in [0.4, 0.5) is 0 Å². The number of nitrogens with zero attached hydrogens (tertiary/aromatic N) is 4. The van der Waals surface area contributed by atoms with Gasteiger partial charge in [0.05, 0.1) is 6.10 Å². The maximum atomic E-state index is 9.85. The first kappa shape index (κ1) is 13.9. The second-order valence-electron chi connectivity index (χ2n) is 5.36. The summed E-state index contributed by atoms with van der Waals surface area (Å²) >= 11 is 0. The molecule has 0 radical (unpaired) electrons. The third kappa shape index (κ3) is 3.51. The third-order valence-corrected chi connectivity index (χ3v) is 3.45. The molecule has 1 aromatic rings. The third-order valence-electron chi connectivity index (χ3n) is 3.45. The standard InChI is InChI=1S/C14H20N4O/c1-17(2)9-12-6-13(19)10-18(12)8-11-4-3-5-16-14(11)7-15/h3-5,12-13,19H,6,8-10H2,1-2H3. The maximum absolute atomic E-state index is 9.85. The van der Waals surface area contributed by atoms with Crippen molar-refractivity contribution < 1.29 is 5.11 Å². The Balaban J connectivity index is 2.10. The first-order chi connectivity index (χ1) is 9.10. The van der Waals surface area contributed by atoms with Crippen LogP contribution in [0.1, 0.15) is 17.7 Å². The number of pyridine rings is 1. The predicted octanol–water partition coefficient (Wildman–Crippen LogP) is 0.450. The minimum absolute atomic E-state index is 0.271. The van der Waals surface area contributed by atoms with Gasteiger partial charge in [-0.25, -0.2) is 4.98 Å². The van der Waals surface area contributed by atoms with Gasteiger partial charge in [-0.15, -0.1) is 0 Å². The highest BCUT2D eigenvalue weighted by Crippen LogP contribution is 2.21. The molecule has 5 heteroatoms. The zero-order chi connectivity index (χ0) is 13.8. The first-order valence-electron chi connectivity index (χ1n) is 6.51. The van der Waals surface area contributed by atoms with E-state index in [4.69, 9.17) is 5.26 Å². The van der Waals surface area contributed by atoms with Gasteiger partial charge in [-0.3, -0.25) is 4.90 Å². The lowest BCUT2D eigenvalue weighted by Gasteiger charge is -2.26. The van der Waals surface area contributed by atoms with Crippen molar-refractivity contribution >= 4 is 0 Å². The van der Waals surface area contributed by atoms with Crippen LogP contribution < -0.4 is 0 Å². The zero-order valence-corrected chi connectivity index (χ0v) is 11.5. The van der Waals surface area contributed by atoms with E-state index in [1.165, 1.54) is 0 Å². The molecule has 0 saturated carbocycles. The second kappa shape index (κ2) is 6.11. The summed E-state index contributed by atoms with van der Waals surface area (Å²) in [5.74, 6) is 0. The van der Waals surface area contributed by atoms with Crippen LogP contribution in [0.2, 0.25) is 0 Å². The van der Waals surface area contributed by atoms with Crippen molar-refractivity contribution in [3.63, 3.8) is 0 Å². The fourth-order valence-electron chi connectivity index (χ4n) is 2.65. The van der Waals surface area contributed by atoms with E-state index in [1.54, 1.807) is 6.20 Å². The van der Waals surface area contributed by atoms with Gasteiger partial charge in [0.2, 0.25) is 0 Å². The Morgan fingerprint density at radius 3 is 3.05 bits per heavy atom. The van der Waals surface area contributed by atoms with E-state index in [0.29, 0.717) is 24.8 Å². The summed E-state index contributed by atoms with van der Waals surface area (Å²) in [6.45, 7) is 2.25. The van der Waals surface area contributed by atoms with Crippen LogP contribution in [0.5, 0.6) is 0 Å². The molecule has 1 fully saturated rings. The molecule has 0 spiro atoms. The van der Waals surface area contributed by atoms with Crippen molar-refractivity contribution in [2.24, 2.45) is 0 Å². The Morgan fingerprint density at radius 1 is 1.58 bits per heavy atom. The Labute approximate surface area is 114 Å². The largest absolute Gasteiger partial charge is 0.392 e. The summed E-state index contributed by atoms with van der Waals surface area (Å²) in [6.07, 6.45) is 2.16. The lowest BCUT2D eigenvalue weighted by molar-refractivity contribution is 0.169. The molecule has 2 rings (SSSR count). The summed E-state index contributed by atoms with van der Waals surface area (Å²) in [7, 11) is 4.07. The molecule has 19 heavy (non-hydrogen) atoms. The van der Waals surface area contributed by atoms with Crippen molar-refractivity contribution in [3.05, 3.63) is 29.6 Å². The van der Waals surface area contributed by atoms with Gasteiger partial charge >= 0.3 is 0 Å². The highest BCUT2D eigenvalue weighted by Gasteiger charge is 2.31. The van der Waals surface area contributed by atoms with Crippen LogP contribution in [-0.4, -0.2) is 59.2 Å². The quantitative estimate of drug-likeness (QED) is 0.851. The van der Waals surface area contributed by atoms with Crippen molar-refractivity contribution in [3.8, 4) is 6.07 Å². The van der Waals surface area contributed by atoms with Gasteiger partial charge in [0.1, 0.15) is 11.8 Å². The van der Waals surface area contributed by atoms with Crippen LogP contribution in [0.25, 0.3) is 0 Å². The number of hydrogen-bond donors (Lipinski definition) is 1. The fraction of sp³-hybridized carbons (Fsp3) is 0.571. The molecule has 0 amide bonds. The monoisotopic (exact) mass is 260 g/mol. The number of aliphatic hydroxyl groups is 1. The van der Waals surface area contributed by atoms with Gasteiger partial charge < -0.3 is 10.0 Å². The molecule has 102 valence electrons. The number of β-amino-alcohol motifs (C(OH)–C–C–N with tert-alkyl or cyclic N) is 1. The Morgan fingerprint density at radius 2 is 2.37 bits per heavy atom. The van der Waals surface area contributed by atoms with E-state index in [9.17, 15) is 5.11 Å². The van der Waals surface area contributed by atoms with Crippen molar-refractivity contribution in [2.75, 3.05) is 27.2 Å². The van der Waals surface area contributed by atoms with Gasteiger partial charge in [0.25, 0.3) is 0 Å². The number of rotatable bonds is 4. The summed E-state index contributed by atoms with van der Waals surface area (Å²) in [4.78, 5) is 8.45. The molecule has 2 heterocycles. The Hall–Kier alpha value is -1.48. The molecule has 0 bridgehead atoms. The predicted molar refractivity (Wildman–Crippen MR) is 72.3 cm³/mol. The molecule has 2 atom stereocenters. The average Bonchev–Trinajstić information content (AvgIpc) is 2.69. The van der Waals surface area contributed by atoms with E-state index in [-0.39, 0.29) is 6.10 Å². The minimum Gasteiger partial charge on any atom is -0.392 e. The molecule has 2 unspecified atom stereocenters. The van der Waals surface area contributed by atoms with Crippen molar-refractivity contribution in [1.82, 2.24) is 14.8 Å². The molecule has 0 aromatic carbocycles. The Bertz CT molecular complexity index is 469. The maximum Gasteiger partial charge on any atom is 0.144 e. The summed E-state index contributed by atoms with van der Waals surface area (Å²) < 4.78 is 0. The minimum atomic E-state index is -0.271. The van der Waals surface area contributed by atoms with Crippen LogP contribution in [0, 0.1) is 11.3 Å². The lowest BCUT2D eigenvalue weighted by Crippen LogP contribution is -2.37. The fourth-order valence-corrected chi connectivity index (χ4v) is 2.65. The molecular weight excluding hydrogens is 240 g/mol. The van der Waals surface area contributed by atoms with E-state index in [1.807, 2.05) is 26.2 Å². The normalized spacial score (nSPS) is 23.7. The van der Waals surface area contributed by atoms with Crippen molar-refractivity contribution in [2.45, 2.75) is 25.1 Å². The second-order valence-corrected chi connectivity index (χ2v) is 5.36. The number of nitriles is 1. The molecule has 1 N–H and O–H groups in total. The van der Waals surface area contributed by atoms with Gasteiger partial charge in [-0.2, -0.15) is 5.26 Å². The molecular formula is C14H20N4O. The summed E-state index contributed by atoms with van der Waals surface area (Å²) in [5.41, 5.74) is 1.41. The average molecular weight is 260 g/mol. The van der Waals surface area contributed by atoms with Crippen LogP contribution in [0.15, 0.2) is 18.3 Å². The zero-order valence-electron chi connectivity index (χ0n) is 11.5. The van der Waals surface area contributed by atoms with E-state index in [0.717, 1.165) is 18.5 Å². The number of likely N-dealkylation sites (N-methyl/N-ethyl adjacent to an activating group) is 1. The molecule has 1 saturated heterocycles. The van der Waals surface area contributed by atoms with E-state index in [2.05, 4.69) is 20.9 Å². The van der Waals surface area contributed by atoms with E-state index >= 15 is 0 Å². The summed E-state index contributed by atoms with van der Waals surface area (Å²) in [5, 5.41) is 18.9. The molecule has 5 nitrogen and oxygen atoms in total. The number of aromatic nitrogens is 1. The van der Waals surface area contributed by atoms with Crippen LogP contribution in [0.3, 0.4) is 0 Å². The SMILES string of the molecule is CN(C)CC1CC(O)CN1Cc1cccnc1C#N. The van der Waals surface area contributed by atoms with Gasteiger partial charge in [-0.1, -0.05) is 6.07 Å².